The molecular formula is C10H15NO3S. The number of aldehydes is 1. The number of hydrogen-bond donors (Lipinski definition) is 0. The van der Waals surface area contributed by atoms with Crippen molar-refractivity contribution in [3.05, 3.63) is 24.0 Å². The minimum Gasteiger partial charge on any atom is -0.344 e. The molecule has 1 heterocycles. The third-order valence-corrected chi connectivity index (χ3v) is 4.51. The Labute approximate surface area is 89.8 Å². The molecule has 0 bridgehead atoms. The van der Waals surface area contributed by atoms with Crippen LogP contribution in [0.15, 0.2) is 18.3 Å². The lowest BCUT2D eigenvalue weighted by molar-refractivity contribution is 0.111. The normalized spacial score (nSPS) is 11.9. The van der Waals surface area contributed by atoms with Gasteiger partial charge < -0.3 is 4.57 Å². The fourth-order valence-electron chi connectivity index (χ4n) is 1.20. The van der Waals surface area contributed by atoms with Crippen molar-refractivity contribution in [2.45, 2.75) is 25.6 Å². The number of aryl methyl sites for hydroxylation is 1. The van der Waals surface area contributed by atoms with E-state index in [1.165, 1.54) is 0 Å². The summed E-state index contributed by atoms with van der Waals surface area (Å²) in [4.78, 5) is 10.6. The second-order valence-electron chi connectivity index (χ2n) is 3.66. The van der Waals surface area contributed by atoms with Crippen LogP contribution >= 0.6 is 0 Å². The van der Waals surface area contributed by atoms with Crippen molar-refractivity contribution < 1.29 is 13.2 Å². The molecule has 0 saturated heterocycles. The van der Waals surface area contributed by atoms with Gasteiger partial charge in [0.1, 0.15) is 0 Å². The molecule has 0 fully saturated rings. The summed E-state index contributed by atoms with van der Waals surface area (Å²) in [5.41, 5.74) is 0.508. The van der Waals surface area contributed by atoms with Crippen molar-refractivity contribution in [1.29, 1.82) is 0 Å². The molecule has 0 spiro atoms. The SMILES string of the molecule is CC(C)S(=O)(=O)CCn1cccc1C=O. The van der Waals surface area contributed by atoms with E-state index in [-0.39, 0.29) is 11.0 Å². The van der Waals surface area contributed by atoms with Gasteiger partial charge in [-0.3, -0.25) is 4.79 Å². The van der Waals surface area contributed by atoms with Crippen LogP contribution in [0.2, 0.25) is 0 Å². The first-order valence-corrected chi connectivity index (χ1v) is 6.51. The van der Waals surface area contributed by atoms with Crippen LogP contribution < -0.4 is 0 Å². The maximum atomic E-state index is 11.5. The van der Waals surface area contributed by atoms with E-state index < -0.39 is 9.84 Å². The Kier molecular flexibility index (Phi) is 3.68. The molecule has 1 aromatic heterocycles. The van der Waals surface area contributed by atoms with Crippen molar-refractivity contribution >= 4 is 16.1 Å². The van der Waals surface area contributed by atoms with Crippen LogP contribution in [0.5, 0.6) is 0 Å². The highest BCUT2D eigenvalue weighted by Crippen LogP contribution is 2.04. The Bertz CT molecular complexity index is 431. The van der Waals surface area contributed by atoms with Gasteiger partial charge in [0, 0.05) is 12.7 Å². The lowest BCUT2D eigenvalue weighted by atomic mass is 10.5. The van der Waals surface area contributed by atoms with Crippen LogP contribution in [0.4, 0.5) is 0 Å². The van der Waals surface area contributed by atoms with E-state index >= 15 is 0 Å². The molecular weight excluding hydrogens is 214 g/mol. The monoisotopic (exact) mass is 229 g/mol. The first-order chi connectivity index (χ1) is 6.97. The molecule has 0 aliphatic carbocycles. The van der Waals surface area contributed by atoms with Gasteiger partial charge in [0.2, 0.25) is 0 Å². The average Bonchev–Trinajstić information content (AvgIpc) is 2.61. The van der Waals surface area contributed by atoms with Crippen molar-refractivity contribution in [3.63, 3.8) is 0 Å². The third kappa shape index (κ3) is 2.92. The number of rotatable bonds is 5. The van der Waals surface area contributed by atoms with E-state index in [4.69, 9.17) is 0 Å². The van der Waals surface area contributed by atoms with Crippen LogP contribution in [0.25, 0.3) is 0 Å². The van der Waals surface area contributed by atoms with Gasteiger partial charge in [-0.1, -0.05) is 0 Å². The van der Waals surface area contributed by atoms with E-state index in [0.29, 0.717) is 12.2 Å². The number of nitrogens with zero attached hydrogens (tertiary/aromatic N) is 1. The predicted molar refractivity (Wildman–Crippen MR) is 58.7 cm³/mol. The molecule has 1 aromatic rings. The highest BCUT2D eigenvalue weighted by molar-refractivity contribution is 7.91. The Morgan fingerprint density at radius 2 is 2.13 bits per heavy atom. The Hall–Kier alpha value is -1.10. The maximum Gasteiger partial charge on any atom is 0.166 e. The van der Waals surface area contributed by atoms with Crippen LogP contribution in [0, 0.1) is 0 Å². The molecule has 0 aliphatic heterocycles. The summed E-state index contributed by atoms with van der Waals surface area (Å²) >= 11 is 0. The molecule has 0 N–H and O–H groups in total. The van der Waals surface area contributed by atoms with E-state index in [0.717, 1.165) is 6.29 Å². The van der Waals surface area contributed by atoms with Gasteiger partial charge in [-0.15, -0.1) is 0 Å². The van der Waals surface area contributed by atoms with Gasteiger partial charge >= 0.3 is 0 Å². The molecule has 84 valence electrons. The first-order valence-electron chi connectivity index (χ1n) is 4.79. The lowest BCUT2D eigenvalue weighted by Gasteiger charge is -2.09. The second-order valence-corrected chi connectivity index (χ2v) is 6.34. The molecule has 0 aliphatic rings. The van der Waals surface area contributed by atoms with Crippen molar-refractivity contribution in [2.75, 3.05) is 5.75 Å². The van der Waals surface area contributed by atoms with Gasteiger partial charge in [-0.25, -0.2) is 8.42 Å². The smallest absolute Gasteiger partial charge is 0.166 e. The minimum absolute atomic E-state index is 0.0696. The molecule has 0 amide bonds. The van der Waals surface area contributed by atoms with E-state index in [9.17, 15) is 13.2 Å². The molecule has 4 nitrogen and oxygen atoms in total. The zero-order chi connectivity index (χ0) is 11.5. The zero-order valence-corrected chi connectivity index (χ0v) is 9.70. The molecule has 1 rings (SSSR count). The summed E-state index contributed by atoms with van der Waals surface area (Å²) in [6.07, 6.45) is 2.43. The fourth-order valence-corrected chi connectivity index (χ4v) is 2.12. The van der Waals surface area contributed by atoms with Crippen LogP contribution in [0.3, 0.4) is 0 Å². The standard InChI is InChI=1S/C10H15NO3S/c1-9(2)15(13,14)7-6-11-5-3-4-10(11)8-12/h3-5,8-9H,6-7H2,1-2H3. The van der Waals surface area contributed by atoms with Crippen LogP contribution in [-0.2, 0) is 16.4 Å². The molecule has 0 atom stereocenters. The second kappa shape index (κ2) is 4.61. The van der Waals surface area contributed by atoms with E-state index in [2.05, 4.69) is 0 Å². The highest BCUT2D eigenvalue weighted by atomic mass is 32.2. The lowest BCUT2D eigenvalue weighted by Crippen LogP contribution is -2.21. The Morgan fingerprint density at radius 3 is 2.67 bits per heavy atom. The molecule has 0 radical (unpaired) electrons. The van der Waals surface area contributed by atoms with Crippen LogP contribution in [0.1, 0.15) is 24.3 Å². The summed E-state index contributed by atoms with van der Waals surface area (Å²) < 4.78 is 24.7. The quantitative estimate of drug-likeness (QED) is 0.711. The first kappa shape index (κ1) is 12.0. The number of aromatic nitrogens is 1. The summed E-state index contributed by atoms with van der Waals surface area (Å²) in [6, 6.07) is 3.39. The van der Waals surface area contributed by atoms with Gasteiger partial charge in [0.05, 0.1) is 16.7 Å². The predicted octanol–water partition coefficient (Wildman–Crippen LogP) is 1.12. The largest absolute Gasteiger partial charge is 0.344 e. The number of hydrogen-bond acceptors (Lipinski definition) is 3. The Morgan fingerprint density at radius 1 is 1.47 bits per heavy atom. The van der Waals surface area contributed by atoms with E-state index in [1.54, 1.807) is 36.7 Å². The third-order valence-electron chi connectivity index (χ3n) is 2.32. The fraction of sp³-hybridized carbons (Fsp3) is 0.500. The van der Waals surface area contributed by atoms with Crippen molar-refractivity contribution in [2.24, 2.45) is 0 Å². The van der Waals surface area contributed by atoms with Gasteiger partial charge in [-0.05, 0) is 26.0 Å². The van der Waals surface area contributed by atoms with E-state index in [1.807, 2.05) is 0 Å². The molecule has 0 unspecified atom stereocenters. The van der Waals surface area contributed by atoms with Gasteiger partial charge in [0.25, 0.3) is 0 Å². The maximum absolute atomic E-state index is 11.5. The van der Waals surface area contributed by atoms with Gasteiger partial charge in [0.15, 0.2) is 16.1 Å². The van der Waals surface area contributed by atoms with Crippen molar-refractivity contribution in [1.82, 2.24) is 4.57 Å². The topological polar surface area (TPSA) is 56.1 Å². The number of carbonyl (C=O) groups excluding carboxylic acids is 1. The summed E-state index contributed by atoms with van der Waals surface area (Å²) in [6.45, 7) is 3.65. The summed E-state index contributed by atoms with van der Waals surface area (Å²) in [7, 11) is -3.04. The summed E-state index contributed by atoms with van der Waals surface area (Å²) in [5.74, 6) is 0.0696. The molecule has 0 aromatic carbocycles. The average molecular weight is 229 g/mol. The number of carbonyl (C=O) groups is 1. The van der Waals surface area contributed by atoms with Crippen molar-refractivity contribution in [3.8, 4) is 0 Å². The molecule has 0 saturated carbocycles. The highest BCUT2D eigenvalue weighted by Gasteiger charge is 2.15. The summed E-state index contributed by atoms with van der Waals surface area (Å²) in [5, 5.41) is -0.368. The van der Waals surface area contributed by atoms with Crippen LogP contribution in [-0.4, -0.2) is 30.3 Å². The minimum atomic E-state index is -3.04. The van der Waals surface area contributed by atoms with Gasteiger partial charge in [-0.2, -0.15) is 0 Å². The molecule has 5 heteroatoms. The molecule has 15 heavy (non-hydrogen) atoms. The zero-order valence-electron chi connectivity index (χ0n) is 8.88. The Balaban J connectivity index is 2.70. The number of sulfone groups is 1.